The van der Waals surface area contributed by atoms with Crippen LogP contribution in [-0.2, 0) is 17.7 Å². The molecular formula is C18H36IN7O. The molecule has 156 valence electrons. The van der Waals surface area contributed by atoms with Crippen LogP contribution in [0.5, 0.6) is 0 Å². The van der Waals surface area contributed by atoms with Crippen molar-refractivity contribution in [1.82, 2.24) is 30.3 Å². The highest BCUT2D eigenvalue weighted by molar-refractivity contribution is 14.0. The molecule has 0 aliphatic carbocycles. The summed E-state index contributed by atoms with van der Waals surface area (Å²) in [5.74, 6) is 1.91. The fourth-order valence-electron chi connectivity index (χ4n) is 2.95. The maximum absolute atomic E-state index is 5.43. The second kappa shape index (κ2) is 14.1. The molecule has 2 N–H and O–H groups in total. The lowest BCUT2D eigenvalue weighted by Crippen LogP contribution is -2.45. The van der Waals surface area contributed by atoms with Gasteiger partial charge in [0.25, 0.3) is 0 Å². The predicted molar refractivity (Wildman–Crippen MR) is 120 cm³/mol. The van der Waals surface area contributed by atoms with E-state index < -0.39 is 0 Å². The van der Waals surface area contributed by atoms with Crippen molar-refractivity contribution >= 4 is 29.9 Å². The van der Waals surface area contributed by atoms with E-state index in [0.29, 0.717) is 6.04 Å². The maximum atomic E-state index is 5.43. The number of nitrogens with one attached hydrogen (secondary N) is 2. The quantitative estimate of drug-likeness (QED) is 0.223. The van der Waals surface area contributed by atoms with Crippen LogP contribution in [0.2, 0.25) is 0 Å². The summed E-state index contributed by atoms with van der Waals surface area (Å²) in [6.45, 7) is 13.5. The molecule has 0 amide bonds. The second-order valence-electron chi connectivity index (χ2n) is 6.69. The molecule has 2 rings (SSSR count). The maximum Gasteiger partial charge on any atom is 0.191 e. The minimum absolute atomic E-state index is 0. The zero-order valence-electron chi connectivity index (χ0n) is 17.0. The van der Waals surface area contributed by atoms with E-state index >= 15 is 0 Å². The summed E-state index contributed by atoms with van der Waals surface area (Å²) in [7, 11) is 0. The van der Waals surface area contributed by atoms with Gasteiger partial charge in [-0.2, -0.15) is 0 Å². The number of unbranched alkanes of at least 4 members (excludes halogenated alkanes) is 1. The van der Waals surface area contributed by atoms with E-state index in [0.717, 1.165) is 77.1 Å². The van der Waals surface area contributed by atoms with Crippen LogP contribution in [-0.4, -0.2) is 77.6 Å². The minimum Gasteiger partial charge on any atom is -0.379 e. The molecule has 1 aliphatic heterocycles. The topological polar surface area (TPSA) is 79.6 Å². The summed E-state index contributed by atoms with van der Waals surface area (Å²) in [6, 6.07) is 0.424. The Balaban J connectivity index is 0.00000364. The van der Waals surface area contributed by atoms with Gasteiger partial charge in [0.1, 0.15) is 12.2 Å². The monoisotopic (exact) mass is 493 g/mol. The highest BCUT2D eigenvalue weighted by Gasteiger charge is 2.16. The molecule has 0 aromatic carbocycles. The van der Waals surface area contributed by atoms with Crippen molar-refractivity contribution in [2.24, 2.45) is 4.99 Å². The molecule has 1 aliphatic rings. The van der Waals surface area contributed by atoms with E-state index in [4.69, 9.17) is 9.73 Å². The summed E-state index contributed by atoms with van der Waals surface area (Å²) in [5.41, 5.74) is 0. The van der Waals surface area contributed by atoms with Gasteiger partial charge in [-0.15, -0.1) is 34.2 Å². The lowest BCUT2D eigenvalue weighted by atomic mass is 10.2. The highest BCUT2D eigenvalue weighted by Crippen LogP contribution is 2.03. The number of morpholine rings is 1. The summed E-state index contributed by atoms with van der Waals surface area (Å²) in [6.07, 6.45) is 5.01. The molecule has 0 radical (unpaired) electrons. The van der Waals surface area contributed by atoms with Crippen LogP contribution in [0.1, 0.15) is 39.4 Å². The molecule has 9 heteroatoms. The molecule has 1 unspecified atom stereocenters. The average molecular weight is 493 g/mol. The van der Waals surface area contributed by atoms with Crippen LogP contribution >= 0.6 is 24.0 Å². The molecule has 1 fully saturated rings. The number of guanidine groups is 1. The molecule has 2 heterocycles. The SMILES string of the molecule is CCCCNC(=NCC(C)N1CCOCC1)NCCn1cnnc1CC.I. The largest absolute Gasteiger partial charge is 0.379 e. The predicted octanol–water partition coefficient (Wildman–Crippen LogP) is 1.51. The van der Waals surface area contributed by atoms with Gasteiger partial charge in [-0.3, -0.25) is 9.89 Å². The van der Waals surface area contributed by atoms with Crippen LogP contribution in [0.3, 0.4) is 0 Å². The Hall–Kier alpha value is -0.940. The molecule has 8 nitrogen and oxygen atoms in total. The first-order valence-corrected chi connectivity index (χ1v) is 9.95. The van der Waals surface area contributed by atoms with E-state index in [2.05, 4.69) is 51.1 Å². The molecule has 0 bridgehead atoms. The number of nitrogens with zero attached hydrogens (tertiary/aromatic N) is 5. The van der Waals surface area contributed by atoms with Crippen molar-refractivity contribution in [2.45, 2.75) is 52.6 Å². The molecule has 1 saturated heterocycles. The lowest BCUT2D eigenvalue weighted by molar-refractivity contribution is 0.0220. The van der Waals surface area contributed by atoms with Crippen LogP contribution in [0.4, 0.5) is 0 Å². The van der Waals surface area contributed by atoms with E-state index in [1.54, 1.807) is 6.33 Å². The van der Waals surface area contributed by atoms with E-state index in [1.165, 1.54) is 6.42 Å². The Kier molecular flexibility index (Phi) is 12.6. The third kappa shape index (κ3) is 8.73. The summed E-state index contributed by atoms with van der Waals surface area (Å²) >= 11 is 0. The summed E-state index contributed by atoms with van der Waals surface area (Å²) in [4.78, 5) is 7.25. The zero-order valence-corrected chi connectivity index (χ0v) is 19.3. The van der Waals surface area contributed by atoms with Gasteiger partial charge in [-0.1, -0.05) is 20.3 Å². The first-order valence-electron chi connectivity index (χ1n) is 9.95. The van der Waals surface area contributed by atoms with Crippen molar-refractivity contribution in [2.75, 3.05) is 45.9 Å². The number of aryl methyl sites for hydroxylation is 1. The Bertz CT molecular complexity index is 532. The first kappa shape index (κ1) is 24.1. The van der Waals surface area contributed by atoms with Gasteiger partial charge in [0.2, 0.25) is 0 Å². The van der Waals surface area contributed by atoms with Gasteiger partial charge < -0.3 is 19.9 Å². The van der Waals surface area contributed by atoms with Crippen molar-refractivity contribution in [3.8, 4) is 0 Å². The Morgan fingerprint density at radius 3 is 2.70 bits per heavy atom. The number of rotatable bonds is 10. The fourth-order valence-corrected chi connectivity index (χ4v) is 2.95. The summed E-state index contributed by atoms with van der Waals surface area (Å²) < 4.78 is 7.52. The Morgan fingerprint density at radius 2 is 2.00 bits per heavy atom. The number of halogens is 1. The van der Waals surface area contributed by atoms with E-state index in [1.807, 2.05) is 0 Å². The minimum atomic E-state index is 0. The van der Waals surface area contributed by atoms with E-state index in [-0.39, 0.29) is 24.0 Å². The smallest absolute Gasteiger partial charge is 0.191 e. The van der Waals surface area contributed by atoms with Crippen LogP contribution in [0.15, 0.2) is 11.3 Å². The second-order valence-corrected chi connectivity index (χ2v) is 6.69. The summed E-state index contributed by atoms with van der Waals surface area (Å²) in [5, 5.41) is 15.0. The van der Waals surface area contributed by atoms with E-state index in [9.17, 15) is 0 Å². The van der Waals surface area contributed by atoms with Gasteiger partial charge in [0.05, 0.1) is 19.8 Å². The third-order valence-corrected chi connectivity index (χ3v) is 4.66. The van der Waals surface area contributed by atoms with Gasteiger partial charge in [-0.25, -0.2) is 0 Å². The Morgan fingerprint density at radius 1 is 1.26 bits per heavy atom. The van der Waals surface area contributed by atoms with Gasteiger partial charge in [-0.05, 0) is 13.3 Å². The lowest BCUT2D eigenvalue weighted by Gasteiger charge is -2.31. The molecule has 1 aromatic rings. The number of aliphatic imine (C=N–C) groups is 1. The average Bonchev–Trinajstić information content (AvgIpc) is 3.13. The molecule has 0 spiro atoms. The van der Waals surface area contributed by atoms with Crippen LogP contribution in [0, 0.1) is 0 Å². The van der Waals surface area contributed by atoms with Gasteiger partial charge in [0, 0.05) is 45.2 Å². The highest BCUT2D eigenvalue weighted by atomic mass is 127. The van der Waals surface area contributed by atoms with Gasteiger partial charge >= 0.3 is 0 Å². The van der Waals surface area contributed by atoms with Crippen molar-refractivity contribution in [3.05, 3.63) is 12.2 Å². The molecule has 1 aromatic heterocycles. The molecule has 0 saturated carbocycles. The van der Waals surface area contributed by atoms with Crippen molar-refractivity contribution < 1.29 is 4.74 Å². The number of aromatic nitrogens is 3. The number of hydrogen-bond donors (Lipinski definition) is 2. The molecular weight excluding hydrogens is 457 g/mol. The molecule has 1 atom stereocenters. The van der Waals surface area contributed by atoms with Crippen molar-refractivity contribution in [1.29, 1.82) is 0 Å². The van der Waals surface area contributed by atoms with Crippen molar-refractivity contribution in [3.63, 3.8) is 0 Å². The van der Waals surface area contributed by atoms with Crippen LogP contribution in [0.25, 0.3) is 0 Å². The van der Waals surface area contributed by atoms with Gasteiger partial charge in [0.15, 0.2) is 5.96 Å². The standard InChI is InChI=1S/C18H35N7O.HI/c1-4-6-7-19-18(20-8-9-25-15-22-23-17(25)5-2)21-14-16(3)24-10-12-26-13-11-24;/h15-16H,4-14H2,1-3H3,(H2,19,20,21);1H. The molecule has 27 heavy (non-hydrogen) atoms. The normalized spacial score (nSPS) is 16.6. The number of ether oxygens (including phenoxy) is 1. The van der Waals surface area contributed by atoms with Crippen LogP contribution < -0.4 is 10.6 Å². The zero-order chi connectivity index (χ0) is 18.6. The third-order valence-electron chi connectivity index (χ3n) is 4.66. The first-order chi connectivity index (χ1) is 12.7. The fraction of sp³-hybridized carbons (Fsp3) is 0.833. The Labute approximate surface area is 180 Å². The number of hydrogen-bond acceptors (Lipinski definition) is 5.